The number of anilines is 3. The summed E-state index contributed by atoms with van der Waals surface area (Å²) in [6.45, 7) is 3.87. The topological polar surface area (TPSA) is 118 Å². The van der Waals surface area contributed by atoms with Crippen LogP contribution in [0.15, 0.2) is 53.7 Å². The van der Waals surface area contributed by atoms with Gasteiger partial charge in [0.05, 0.1) is 29.5 Å². The second-order valence-electron chi connectivity index (χ2n) is 8.11. The van der Waals surface area contributed by atoms with Gasteiger partial charge in [-0.1, -0.05) is 11.6 Å². The summed E-state index contributed by atoms with van der Waals surface area (Å²) in [7, 11) is 3.24. The summed E-state index contributed by atoms with van der Waals surface area (Å²) in [6, 6.07) is 10.6. The van der Waals surface area contributed by atoms with E-state index in [9.17, 15) is 10.1 Å². The number of hydrogen-bond acceptors (Lipinski definition) is 8. The molecule has 0 amide bonds. The highest BCUT2D eigenvalue weighted by atomic mass is 35.5. The molecule has 2 N–H and O–H groups in total. The van der Waals surface area contributed by atoms with Crippen LogP contribution in [0.5, 0.6) is 5.75 Å². The third-order valence-corrected chi connectivity index (χ3v) is 5.69. The molecule has 9 nitrogen and oxygen atoms in total. The van der Waals surface area contributed by atoms with Gasteiger partial charge >= 0.3 is 0 Å². The van der Waals surface area contributed by atoms with Crippen LogP contribution in [-0.4, -0.2) is 26.6 Å². The molecule has 3 heterocycles. The molecule has 10 heteroatoms. The van der Waals surface area contributed by atoms with Crippen molar-refractivity contribution in [1.82, 2.24) is 19.5 Å². The van der Waals surface area contributed by atoms with Crippen LogP contribution in [0.2, 0.25) is 5.15 Å². The Morgan fingerprint density at radius 3 is 2.50 bits per heavy atom. The van der Waals surface area contributed by atoms with Crippen LogP contribution < -0.4 is 20.9 Å². The molecule has 0 fully saturated rings. The van der Waals surface area contributed by atoms with E-state index < -0.39 is 5.54 Å². The van der Waals surface area contributed by atoms with E-state index in [4.69, 9.17) is 16.3 Å². The fraction of sp³-hybridized carbons (Fsp3) is 0.208. The van der Waals surface area contributed by atoms with Gasteiger partial charge in [-0.3, -0.25) is 4.79 Å². The number of ether oxygens (including phenoxy) is 1. The van der Waals surface area contributed by atoms with Crippen LogP contribution in [0.4, 0.5) is 17.1 Å². The van der Waals surface area contributed by atoms with Crippen molar-refractivity contribution in [3.8, 4) is 11.8 Å². The Balaban J connectivity index is 1.93. The standard InChI is InChI=1S/C24H22ClN7O2/c1-24(2,23-28-7-5-8-29-23)31-18-12-20(33)32(3)21-15(18)10-14(34-4)11-19(21)30-17-6-9-27-22(25)16(17)13-26/h5-12,31H,1-4H3,(H,27,30). The molecule has 0 aliphatic heterocycles. The Morgan fingerprint density at radius 2 is 1.82 bits per heavy atom. The van der Waals surface area contributed by atoms with Gasteiger partial charge in [0.25, 0.3) is 5.56 Å². The van der Waals surface area contributed by atoms with Crippen LogP contribution >= 0.6 is 11.6 Å². The summed E-state index contributed by atoms with van der Waals surface area (Å²) in [5.41, 5.74) is 1.52. The Morgan fingerprint density at radius 1 is 1.09 bits per heavy atom. The zero-order valence-electron chi connectivity index (χ0n) is 19.0. The number of rotatable bonds is 6. The van der Waals surface area contributed by atoms with Gasteiger partial charge in [0.15, 0.2) is 5.82 Å². The van der Waals surface area contributed by atoms with Crippen LogP contribution in [0.25, 0.3) is 10.9 Å². The van der Waals surface area contributed by atoms with Crippen LogP contribution in [0.1, 0.15) is 25.2 Å². The third-order valence-electron chi connectivity index (χ3n) is 5.40. The first-order chi connectivity index (χ1) is 16.2. The number of aryl methyl sites for hydroxylation is 1. The van der Waals surface area contributed by atoms with Crippen LogP contribution in [-0.2, 0) is 12.6 Å². The molecule has 0 saturated carbocycles. The lowest BCUT2D eigenvalue weighted by atomic mass is 10.0. The average Bonchev–Trinajstić information content (AvgIpc) is 2.82. The third kappa shape index (κ3) is 4.23. The number of benzene rings is 1. The van der Waals surface area contributed by atoms with E-state index in [1.165, 1.54) is 16.8 Å². The average molecular weight is 476 g/mol. The summed E-state index contributed by atoms with van der Waals surface area (Å²) >= 11 is 6.11. The van der Waals surface area contributed by atoms with E-state index in [-0.39, 0.29) is 16.3 Å². The minimum absolute atomic E-state index is 0.0838. The fourth-order valence-electron chi connectivity index (χ4n) is 3.71. The summed E-state index contributed by atoms with van der Waals surface area (Å²) in [6.07, 6.45) is 4.85. The largest absolute Gasteiger partial charge is 0.497 e. The number of hydrogen-bond donors (Lipinski definition) is 2. The lowest BCUT2D eigenvalue weighted by Crippen LogP contribution is -2.31. The Kier molecular flexibility index (Phi) is 6.09. The van der Waals surface area contributed by atoms with Gasteiger partial charge in [0, 0.05) is 48.8 Å². The first-order valence-electron chi connectivity index (χ1n) is 10.3. The lowest BCUT2D eigenvalue weighted by molar-refractivity contribution is 0.415. The zero-order chi connectivity index (χ0) is 24.5. The predicted molar refractivity (Wildman–Crippen MR) is 132 cm³/mol. The zero-order valence-corrected chi connectivity index (χ0v) is 19.8. The molecule has 4 aromatic rings. The first kappa shape index (κ1) is 23.0. The van der Waals surface area contributed by atoms with Crippen LogP contribution in [0.3, 0.4) is 0 Å². The Hall–Kier alpha value is -4.16. The maximum Gasteiger partial charge on any atom is 0.252 e. The van der Waals surface area contributed by atoms with E-state index in [0.29, 0.717) is 34.2 Å². The van der Waals surface area contributed by atoms with E-state index in [1.54, 1.807) is 44.8 Å². The number of nitriles is 1. The molecule has 0 unspecified atom stereocenters. The predicted octanol–water partition coefficient (Wildman–Crippen LogP) is 4.35. The van der Waals surface area contributed by atoms with Crippen molar-refractivity contribution in [3.05, 3.63) is 75.8 Å². The molecule has 0 saturated heterocycles. The van der Waals surface area contributed by atoms with Crippen molar-refractivity contribution >= 4 is 39.6 Å². The summed E-state index contributed by atoms with van der Waals surface area (Å²) in [5.74, 6) is 1.14. The number of fused-ring (bicyclic) bond motifs is 1. The molecule has 4 rings (SSSR count). The highest BCUT2D eigenvalue weighted by Gasteiger charge is 2.25. The molecule has 3 aromatic heterocycles. The Labute approximate surface area is 201 Å². The maximum absolute atomic E-state index is 13.0. The molecule has 0 aliphatic rings. The van der Waals surface area contributed by atoms with Gasteiger partial charge < -0.3 is 19.9 Å². The number of nitrogens with one attached hydrogen (secondary N) is 2. The second-order valence-corrected chi connectivity index (χ2v) is 8.47. The maximum atomic E-state index is 13.0. The van der Waals surface area contributed by atoms with Gasteiger partial charge in [-0.25, -0.2) is 15.0 Å². The van der Waals surface area contributed by atoms with E-state index in [1.807, 2.05) is 19.9 Å². The van der Waals surface area contributed by atoms with Crippen molar-refractivity contribution in [2.45, 2.75) is 19.4 Å². The van der Waals surface area contributed by atoms with Gasteiger partial charge in [-0.15, -0.1) is 0 Å². The summed E-state index contributed by atoms with van der Waals surface area (Å²) in [5, 5.41) is 17.0. The normalized spacial score (nSPS) is 11.2. The number of halogens is 1. The van der Waals surface area contributed by atoms with Gasteiger partial charge in [-0.2, -0.15) is 5.26 Å². The summed E-state index contributed by atoms with van der Waals surface area (Å²) in [4.78, 5) is 25.6. The SMILES string of the molecule is COc1cc(Nc2ccnc(Cl)c2C#N)c2c(c1)c(NC(C)(C)c1ncccn1)cc(=O)n2C. The van der Waals surface area contributed by atoms with E-state index in [2.05, 4.69) is 31.7 Å². The molecule has 1 aromatic carbocycles. The molecule has 0 atom stereocenters. The summed E-state index contributed by atoms with van der Waals surface area (Å²) < 4.78 is 7.07. The molecule has 0 spiro atoms. The van der Waals surface area contributed by atoms with Gasteiger partial charge in [0.2, 0.25) is 0 Å². The number of pyridine rings is 2. The Bertz CT molecular complexity index is 1480. The monoisotopic (exact) mass is 475 g/mol. The van der Waals surface area contributed by atoms with Crippen molar-refractivity contribution in [1.29, 1.82) is 5.26 Å². The molecule has 34 heavy (non-hydrogen) atoms. The van der Waals surface area contributed by atoms with Gasteiger partial charge in [0.1, 0.15) is 22.5 Å². The van der Waals surface area contributed by atoms with Crippen molar-refractivity contribution < 1.29 is 4.74 Å². The quantitative estimate of drug-likeness (QED) is 0.395. The first-order valence-corrected chi connectivity index (χ1v) is 10.7. The highest BCUT2D eigenvalue weighted by molar-refractivity contribution is 6.31. The molecule has 0 radical (unpaired) electrons. The number of methoxy groups -OCH3 is 1. The van der Waals surface area contributed by atoms with Crippen LogP contribution in [0, 0.1) is 11.3 Å². The lowest BCUT2D eigenvalue weighted by Gasteiger charge is -2.27. The van der Waals surface area contributed by atoms with E-state index in [0.717, 1.165) is 5.39 Å². The highest BCUT2D eigenvalue weighted by Crippen LogP contribution is 2.37. The minimum Gasteiger partial charge on any atom is -0.497 e. The molecule has 172 valence electrons. The van der Waals surface area contributed by atoms with Crippen molar-refractivity contribution in [2.75, 3.05) is 17.7 Å². The van der Waals surface area contributed by atoms with Crippen molar-refractivity contribution in [2.24, 2.45) is 7.05 Å². The molecule has 0 bridgehead atoms. The molecular formula is C24H22ClN7O2. The minimum atomic E-state index is -0.677. The fourth-order valence-corrected chi connectivity index (χ4v) is 3.91. The molecule has 0 aliphatic carbocycles. The van der Waals surface area contributed by atoms with Gasteiger partial charge in [-0.05, 0) is 32.0 Å². The number of nitrogens with zero attached hydrogens (tertiary/aromatic N) is 5. The molecular weight excluding hydrogens is 454 g/mol. The van der Waals surface area contributed by atoms with E-state index >= 15 is 0 Å². The van der Waals surface area contributed by atoms with Crippen molar-refractivity contribution in [3.63, 3.8) is 0 Å². The smallest absolute Gasteiger partial charge is 0.252 e. The second kappa shape index (κ2) is 9.00. The number of aromatic nitrogens is 4.